The predicted octanol–water partition coefficient (Wildman–Crippen LogP) is 2.13. The standard InChI is InChI=1S/C14H19NO2/c1-17-14(16)9-8-13(15)12-7-3-5-10-4-2-6-11(10)12/h3,5,7,13H,2,4,6,8-9,15H2,1H3. The summed E-state index contributed by atoms with van der Waals surface area (Å²) in [6.45, 7) is 0. The summed E-state index contributed by atoms with van der Waals surface area (Å²) in [5, 5.41) is 0. The molecule has 0 bridgehead atoms. The molecule has 0 aliphatic heterocycles. The maximum absolute atomic E-state index is 11.1. The molecule has 1 aromatic carbocycles. The molecule has 0 radical (unpaired) electrons. The molecule has 0 spiro atoms. The van der Waals surface area contributed by atoms with Gasteiger partial charge in [-0.05, 0) is 42.4 Å². The normalized spacial score (nSPS) is 15.4. The van der Waals surface area contributed by atoms with Crippen molar-refractivity contribution in [2.75, 3.05) is 7.11 Å². The topological polar surface area (TPSA) is 52.3 Å². The fraction of sp³-hybridized carbons (Fsp3) is 0.500. The van der Waals surface area contributed by atoms with E-state index >= 15 is 0 Å². The smallest absolute Gasteiger partial charge is 0.305 e. The quantitative estimate of drug-likeness (QED) is 0.810. The molecule has 0 saturated heterocycles. The molecule has 1 aliphatic rings. The first-order chi connectivity index (χ1) is 8.22. The average Bonchev–Trinajstić information content (AvgIpc) is 2.83. The van der Waals surface area contributed by atoms with Crippen LogP contribution in [0, 0.1) is 0 Å². The van der Waals surface area contributed by atoms with Crippen molar-refractivity contribution in [3.63, 3.8) is 0 Å². The first-order valence-electron chi connectivity index (χ1n) is 6.15. The van der Waals surface area contributed by atoms with Crippen LogP contribution in [0.4, 0.5) is 0 Å². The van der Waals surface area contributed by atoms with Gasteiger partial charge >= 0.3 is 5.97 Å². The summed E-state index contributed by atoms with van der Waals surface area (Å²) in [6, 6.07) is 6.28. The number of fused-ring (bicyclic) bond motifs is 1. The van der Waals surface area contributed by atoms with Crippen LogP contribution in [0.2, 0.25) is 0 Å². The van der Waals surface area contributed by atoms with Gasteiger partial charge in [0.15, 0.2) is 0 Å². The molecule has 2 rings (SSSR count). The van der Waals surface area contributed by atoms with Crippen molar-refractivity contribution in [2.24, 2.45) is 5.73 Å². The Bertz CT molecular complexity index is 415. The fourth-order valence-corrected chi connectivity index (χ4v) is 2.53. The minimum Gasteiger partial charge on any atom is -0.469 e. The summed E-state index contributed by atoms with van der Waals surface area (Å²) in [7, 11) is 1.41. The third-order valence-corrected chi connectivity index (χ3v) is 3.47. The summed E-state index contributed by atoms with van der Waals surface area (Å²) in [4.78, 5) is 11.1. The van der Waals surface area contributed by atoms with Crippen molar-refractivity contribution in [3.05, 3.63) is 34.9 Å². The van der Waals surface area contributed by atoms with Crippen LogP contribution in [0.15, 0.2) is 18.2 Å². The van der Waals surface area contributed by atoms with Crippen molar-refractivity contribution in [3.8, 4) is 0 Å². The van der Waals surface area contributed by atoms with Crippen LogP contribution >= 0.6 is 0 Å². The second-order valence-corrected chi connectivity index (χ2v) is 4.56. The molecule has 1 aliphatic carbocycles. The van der Waals surface area contributed by atoms with E-state index in [0.717, 1.165) is 12.8 Å². The highest BCUT2D eigenvalue weighted by Gasteiger charge is 2.18. The van der Waals surface area contributed by atoms with Gasteiger partial charge in [0.25, 0.3) is 0 Å². The minimum atomic E-state index is -0.187. The molecule has 0 amide bonds. The Hall–Kier alpha value is -1.35. The molecule has 1 unspecified atom stereocenters. The molecule has 1 aromatic rings. The first kappa shape index (κ1) is 12.1. The number of rotatable bonds is 4. The highest BCUT2D eigenvalue weighted by molar-refractivity contribution is 5.69. The van der Waals surface area contributed by atoms with E-state index in [-0.39, 0.29) is 12.0 Å². The summed E-state index contributed by atoms with van der Waals surface area (Å²) < 4.78 is 4.63. The number of esters is 1. The van der Waals surface area contributed by atoms with E-state index in [1.165, 1.54) is 30.2 Å². The molecule has 17 heavy (non-hydrogen) atoms. The SMILES string of the molecule is COC(=O)CCC(N)c1cccc2c1CCC2. The Morgan fingerprint density at radius 3 is 3.06 bits per heavy atom. The van der Waals surface area contributed by atoms with E-state index in [9.17, 15) is 4.79 Å². The van der Waals surface area contributed by atoms with Gasteiger partial charge in [-0.1, -0.05) is 18.2 Å². The van der Waals surface area contributed by atoms with Crippen molar-refractivity contribution in [1.82, 2.24) is 0 Å². The molecule has 3 nitrogen and oxygen atoms in total. The largest absolute Gasteiger partial charge is 0.469 e. The molecule has 3 heteroatoms. The Morgan fingerprint density at radius 1 is 1.47 bits per heavy atom. The second-order valence-electron chi connectivity index (χ2n) is 4.56. The molecule has 0 aromatic heterocycles. The average molecular weight is 233 g/mol. The van der Waals surface area contributed by atoms with Gasteiger partial charge in [0.2, 0.25) is 0 Å². The first-order valence-corrected chi connectivity index (χ1v) is 6.15. The number of methoxy groups -OCH3 is 1. The number of aryl methyl sites for hydroxylation is 1. The third kappa shape index (κ3) is 2.67. The van der Waals surface area contributed by atoms with E-state index in [4.69, 9.17) is 5.73 Å². The highest BCUT2D eigenvalue weighted by atomic mass is 16.5. The number of carbonyl (C=O) groups is 1. The number of benzene rings is 1. The zero-order chi connectivity index (χ0) is 12.3. The fourth-order valence-electron chi connectivity index (χ4n) is 2.53. The molecule has 1 atom stereocenters. The monoisotopic (exact) mass is 233 g/mol. The van der Waals surface area contributed by atoms with Gasteiger partial charge in [-0.25, -0.2) is 0 Å². The van der Waals surface area contributed by atoms with Crippen LogP contribution in [0.5, 0.6) is 0 Å². The number of hydrogen-bond acceptors (Lipinski definition) is 3. The Kier molecular flexibility index (Phi) is 3.79. The predicted molar refractivity (Wildman–Crippen MR) is 66.6 cm³/mol. The van der Waals surface area contributed by atoms with Gasteiger partial charge in [-0.15, -0.1) is 0 Å². The Balaban J connectivity index is 2.07. The number of nitrogens with two attached hydrogens (primary N) is 1. The van der Waals surface area contributed by atoms with Crippen LogP contribution in [0.25, 0.3) is 0 Å². The van der Waals surface area contributed by atoms with Gasteiger partial charge in [-0.2, -0.15) is 0 Å². The molecule has 0 saturated carbocycles. The summed E-state index contributed by atoms with van der Waals surface area (Å²) in [5.74, 6) is -0.187. The molecular weight excluding hydrogens is 214 g/mol. The van der Waals surface area contributed by atoms with Crippen molar-refractivity contribution < 1.29 is 9.53 Å². The minimum absolute atomic E-state index is 0.0536. The lowest BCUT2D eigenvalue weighted by molar-refractivity contribution is -0.140. The van der Waals surface area contributed by atoms with Gasteiger partial charge in [-0.3, -0.25) is 4.79 Å². The number of ether oxygens (including phenoxy) is 1. The van der Waals surface area contributed by atoms with E-state index in [2.05, 4.69) is 22.9 Å². The van der Waals surface area contributed by atoms with Gasteiger partial charge < -0.3 is 10.5 Å². The Labute approximate surface area is 102 Å². The van der Waals surface area contributed by atoms with Crippen LogP contribution in [-0.4, -0.2) is 13.1 Å². The lowest BCUT2D eigenvalue weighted by Crippen LogP contribution is -2.15. The van der Waals surface area contributed by atoms with Crippen LogP contribution in [-0.2, 0) is 22.4 Å². The molecular formula is C14H19NO2. The van der Waals surface area contributed by atoms with Crippen molar-refractivity contribution in [1.29, 1.82) is 0 Å². The summed E-state index contributed by atoms with van der Waals surface area (Å²) in [6.07, 6.45) is 4.55. The van der Waals surface area contributed by atoms with Gasteiger partial charge in [0, 0.05) is 12.5 Å². The maximum Gasteiger partial charge on any atom is 0.305 e. The van der Waals surface area contributed by atoms with Gasteiger partial charge in [0.05, 0.1) is 7.11 Å². The van der Waals surface area contributed by atoms with Crippen molar-refractivity contribution in [2.45, 2.75) is 38.1 Å². The molecule has 0 heterocycles. The third-order valence-electron chi connectivity index (χ3n) is 3.47. The molecule has 2 N–H and O–H groups in total. The number of hydrogen-bond donors (Lipinski definition) is 1. The van der Waals surface area contributed by atoms with Crippen LogP contribution < -0.4 is 5.73 Å². The van der Waals surface area contributed by atoms with E-state index in [0.29, 0.717) is 12.8 Å². The zero-order valence-corrected chi connectivity index (χ0v) is 10.2. The lowest BCUT2D eigenvalue weighted by Gasteiger charge is -2.15. The van der Waals surface area contributed by atoms with Gasteiger partial charge in [0.1, 0.15) is 0 Å². The van der Waals surface area contributed by atoms with Crippen molar-refractivity contribution >= 4 is 5.97 Å². The summed E-state index contributed by atoms with van der Waals surface area (Å²) in [5.41, 5.74) is 10.2. The highest BCUT2D eigenvalue weighted by Crippen LogP contribution is 2.29. The van der Waals surface area contributed by atoms with E-state index in [1.54, 1.807) is 0 Å². The Morgan fingerprint density at radius 2 is 2.29 bits per heavy atom. The molecule has 92 valence electrons. The second kappa shape index (κ2) is 5.32. The number of carbonyl (C=O) groups excluding carboxylic acids is 1. The maximum atomic E-state index is 11.1. The summed E-state index contributed by atoms with van der Waals surface area (Å²) >= 11 is 0. The zero-order valence-electron chi connectivity index (χ0n) is 10.2. The lowest BCUT2D eigenvalue weighted by atomic mass is 9.95. The van der Waals surface area contributed by atoms with Crippen LogP contribution in [0.1, 0.15) is 42.0 Å². The van der Waals surface area contributed by atoms with Crippen LogP contribution in [0.3, 0.4) is 0 Å². The molecule has 0 fully saturated rings. The van der Waals surface area contributed by atoms with E-state index < -0.39 is 0 Å². The van der Waals surface area contributed by atoms with E-state index in [1.807, 2.05) is 0 Å².